The Bertz CT molecular complexity index is 816. The molecule has 0 aliphatic rings. The lowest BCUT2D eigenvalue weighted by Crippen LogP contribution is -2.06. The lowest BCUT2D eigenvalue weighted by Gasteiger charge is -2.03. The van der Waals surface area contributed by atoms with Gasteiger partial charge < -0.3 is 9.47 Å². The average Bonchev–Trinajstić information content (AvgIpc) is 2.65. The van der Waals surface area contributed by atoms with Crippen molar-refractivity contribution in [3.8, 4) is 5.75 Å². The second-order valence-corrected chi connectivity index (χ2v) is 5.13. The number of non-ortho nitro benzene ring substituents is 1. The number of carbonyl (C=O) groups excluding carboxylic acids is 1. The standard InChI is InChI=1S/C19H17NO5/c1-24-18-11-6-14(7-12-18)3-8-16(19(21)25-2)13-15-4-9-17(10-5-15)20(22)23/h3-7,9-12H,13H2,1-2H3. The van der Waals surface area contributed by atoms with Crippen LogP contribution in [-0.4, -0.2) is 25.1 Å². The van der Waals surface area contributed by atoms with Crippen molar-refractivity contribution < 1.29 is 19.2 Å². The minimum Gasteiger partial charge on any atom is -0.497 e. The fourth-order valence-electron chi connectivity index (χ4n) is 2.12. The van der Waals surface area contributed by atoms with Gasteiger partial charge in [0.25, 0.3) is 5.69 Å². The quantitative estimate of drug-likeness (QED) is 0.264. The molecule has 2 aromatic carbocycles. The zero-order valence-electron chi connectivity index (χ0n) is 13.9. The lowest BCUT2D eigenvalue weighted by atomic mass is 10.0. The van der Waals surface area contributed by atoms with Crippen molar-refractivity contribution in [2.45, 2.75) is 6.42 Å². The van der Waals surface area contributed by atoms with E-state index < -0.39 is 10.9 Å². The van der Waals surface area contributed by atoms with E-state index in [9.17, 15) is 14.9 Å². The second-order valence-electron chi connectivity index (χ2n) is 5.13. The van der Waals surface area contributed by atoms with Crippen LogP contribution in [0.4, 0.5) is 5.69 Å². The van der Waals surface area contributed by atoms with E-state index in [1.54, 1.807) is 25.3 Å². The van der Waals surface area contributed by atoms with Gasteiger partial charge in [-0.1, -0.05) is 24.3 Å². The van der Waals surface area contributed by atoms with Gasteiger partial charge in [0, 0.05) is 18.6 Å². The second kappa shape index (κ2) is 8.47. The Balaban J connectivity index is 2.26. The van der Waals surface area contributed by atoms with Gasteiger partial charge in [0.05, 0.1) is 24.7 Å². The molecule has 0 saturated carbocycles. The third-order valence-corrected chi connectivity index (χ3v) is 3.49. The van der Waals surface area contributed by atoms with Gasteiger partial charge in [0.2, 0.25) is 0 Å². The Labute approximate surface area is 145 Å². The van der Waals surface area contributed by atoms with Crippen molar-refractivity contribution in [1.29, 1.82) is 0 Å². The topological polar surface area (TPSA) is 78.7 Å². The first-order chi connectivity index (χ1) is 12.0. The largest absolute Gasteiger partial charge is 0.497 e. The van der Waals surface area contributed by atoms with Crippen LogP contribution in [0.15, 0.2) is 59.8 Å². The van der Waals surface area contributed by atoms with Gasteiger partial charge in [-0.15, -0.1) is 5.73 Å². The van der Waals surface area contributed by atoms with Gasteiger partial charge in [-0.25, -0.2) is 4.79 Å². The van der Waals surface area contributed by atoms with Crippen LogP contribution in [0, 0.1) is 10.1 Å². The van der Waals surface area contributed by atoms with E-state index in [1.807, 2.05) is 24.3 Å². The van der Waals surface area contributed by atoms with E-state index in [0.29, 0.717) is 5.57 Å². The minimum absolute atomic E-state index is 0.00104. The highest BCUT2D eigenvalue weighted by atomic mass is 16.6. The predicted octanol–water partition coefficient (Wildman–Crippen LogP) is 3.56. The van der Waals surface area contributed by atoms with E-state index in [4.69, 9.17) is 9.47 Å². The normalized spacial score (nSPS) is 9.68. The summed E-state index contributed by atoms with van der Waals surface area (Å²) in [5.74, 6) is 0.239. The van der Waals surface area contributed by atoms with Crippen LogP contribution in [0.25, 0.3) is 6.08 Å². The molecule has 2 rings (SSSR count). The summed E-state index contributed by atoms with van der Waals surface area (Å²) in [6.45, 7) is 0. The highest BCUT2D eigenvalue weighted by Crippen LogP contribution is 2.16. The van der Waals surface area contributed by atoms with Gasteiger partial charge in [-0.2, -0.15) is 0 Å². The molecule has 0 aromatic heterocycles. The molecule has 0 fully saturated rings. The van der Waals surface area contributed by atoms with Gasteiger partial charge in [-0.3, -0.25) is 10.1 Å². The van der Waals surface area contributed by atoms with Gasteiger partial charge in [0.15, 0.2) is 0 Å². The predicted molar refractivity (Wildman–Crippen MR) is 93.3 cm³/mol. The minimum atomic E-state index is -0.497. The van der Waals surface area contributed by atoms with E-state index in [0.717, 1.165) is 16.9 Å². The number of nitro benzene ring substituents is 1. The van der Waals surface area contributed by atoms with Crippen LogP contribution in [0.5, 0.6) is 5.75 Å². The number of esters is 1. The fraction of sp³-hybridized carbons (Fsp3) is 0.158. The smallest absolute Gasteiger partial charge is 0.341 e. The molecule has 128 valence electrons. The molecule has 0 saturated heterocycles. The van der Waals surface area contributed by atoms with E-state index >= 15 is 0 Å². The summed E-state index contributed by atoms with van der Waals surface area (Å²) in [6.07, 6.45) is 1.94. The molecule has 0 amide bonds. The third kappa shape index (κ3) is 5.06. The van der Waals surface area contributed by atoms with Crippen molar-refractivity contribution >= 4 is 17.7 Å². The maximum Gasteiger partial charge on any atom is 0.341 e. The summed E-state index contributed by atoms with van der Waals surface area (Å²) in [5.41, 5.74) is 4.88. The molecule has 6 nitrogen and oxygen atoms in total. The molecule has 0 bridgehead atoms. The van der Waals surface area contributed by atoms with Crippen molar-refractivity contribution in [3.05, 3.63) is 81.1 Å². The summed E-state index contributed by atoms with van der Waals surface area (Å²) in [4.78, 5) is 22.2. The number of nitrogens with zero attached hydrogens (tertiary/aromatic N) is 1. The first kappa shape index (κ1) is 18.0. The highest BCUT2D eigenvalue weighted by Gasteiger charge is 2.11. The molecular formula is C19H17NO5. The molecule has 0 radical (unpaired) electrons. The van der Waals surface area contributed by atoms with Crippen LogP contribution in [0.1, 0.15) is 11.1 Å². The van der Waals surface area contributed by atoms with E-state index in [2.05, 4.69) is 5.73 Å². The summed E-state index contributed by atoms with van der Waals surface area (Å²) in [7, 11) is 2.89. The maximum absolute atomic E-state index is 11.9. The third-order valence-electron chi connectivity index (χ3n) is 3.49. The van der Waals surface area contributed by atoms with Gasteiger partial charge >= 0.3 is 5.97 Å². The van der Waals surface area contributed by atoms with Crippen molar-refractivity contribution in [2.75, 3.05) is 14.2 Å². The molecule has 0 atom stereocenters. The number of rotatable bonds is 6. The van der Waals surface area contributed by atoms with Crippen LogP contribution in [0.2, 0.25) is 0 Å². The number of carbonyl (C=O) groups is 1. The first-order valence-electron chi connectivity index (χ1n) is 7.44. The van der Waals surface area contributed by atoms with E-state index in [-0.39, 0.29) is 12.1 Å². The maximum atomic E-state index is 11.9. The Morgan fingerprint density at radius 1 is 1.12 bits per heavy atom. The molecule has 6 heteroatoms. The van der Waals surface area contributed by atoms with Crippen LogP contribution in [-0.2, 0) is 16.0 Å². The average molecular weight is 339 g/mol. The van der Waals surface area contributed by atoms with Crippen molar-refractivity contribution in [1.82, 2.24) is 0 Å². The molecule has 25 heavy (non-hydrogen) atoms. The molecule has 0 aliphatic heterocycles. The zero-order valence-corrected chi connectivity index (χ0v) is 13.9. The van der Waals surface area contributed by atoms with Crippen LogP contribution in [0.3, 0.4) is 0 Å². The number of benzene rings is 2. The van der Waals surface area contributed by atoms with Crippen LogP contribution < -0.4 is 4.74 Å². The van der Waals surface area contributed by atoms with Crippen LogP contribution >= 0.6 is 0 Å². The summed E-state index contributed by atoms with van der Waals surface area (Å²) in [6, 6.07) is 13.3. The molecule has 0 heterocycles. The number of hydrogen-bond acceptors (Lipinski definition) is 5. The number of methoxy groups -OCH3 is 2. The highest BCUT2D eigenvalue weighted by molar-refractivity contribution is 5.89. The van der Waals surface area contributed by atoms with Gasteiger partial charge in [-0.05, 0) is 29.3 Å². The molecule has 0 unspecified atom stereocenters. The van der Waals surface area contributed by atoms with Crippen molar-refractivity contribution in [3.63, 3.8) is 0 Å². The lowest BCUT2D eigenvalue weighted by molar-refractivity contribution is -0.384. The molecule has 0 spiro atoms. The fourth-order valence-corrected chi connectivity index (χ4v) is 2.12. The number of ether oxygens (including phenoxy) is 2. The van der Waals surface area contributed by atoms with Gasteiger partial charge in [0.1, 0.15) is 5.75 Å². The summed E-state index contributed by atoms with van der Waals surface area (Å²) in [5, 5.41) is 10.7. The van der Waals surface area contributed by atoms with Crippen molar-refractivity contribution in [2.24, 2.45) is 0 Å². The Morgan fingerprint density at radius 3 is 2.28 bits per heavy atom. The SMILES string of the molecule is COC(=O)C(=C=Cc1ccc(OC)cc1)Cc1ccc([N+](=O)[O-])cc1. The molecule has 0 aliphatic carbocycles. The summed E-state index contributed by atoms with van der Waals surface area (Å²) < 4.78 is 9.88. The van der Waals surface area contributed by atoms with E-state index in [1.165, 1.54) is 19.2 Å². The zero-order chi connectivity index (χ0) is 18.2. The Morgan fingerprint density at radius 2 is 1.76 bits per heavy atom. The monoisotopic (exact) mass is 339 g/mol. The first-order valence-corrected chi connectivity index (χ1v) is 7.44. The Hall–Kier alpha value is -3.37. The number of nitro groups is 1. The molecule has 0 N–H and O–H groups in total. The Kier molecular flexibility index (Phi) is 6.09. The molecule has 2 aromatic rings. The molecular weight excluding hydrogens is 322 g/mol. The number of hydrogen-bond donors (Lipinski definition) is 0. The summed E-state index contributed by atoms with van der Waals surface area (Å²) >= 11 is 0.